The highest BCUT2D eigenvalue weighted by molar-refractivity contribution is 6.01. The van der Waals surface area contributed by atoms with Crippen LogP contribution in [0.15, 0.2) is 158 Å². The second-order valence-electron chi connectivity index (χ2n) is 27.8. The molecule has 1 amide bonds. The molecule has 2 aliphatic carbocycles. The van der Waals surface area contributed by atoms with Gasteiger partial charge in [-0.05, 0) is 200 Å². The number of aromatic nitrogens is 4. The Bertz CT molecular complexity index is 4240. The number of fused-ring (bicyclic) bond motifs is 13. The molecule has 3 N–H and O–H groups in total. The molecule has 1 saturated carbocycles. The van der Waals surface area contributed by atoms with E-state index in [9.17, 15) is 9.59 Å². The third-order valence-corrected chi connectivity index (χ3v) is 20.7. The molecule has 0 spiro atoms. The fourth-order valence-corrected chi connectivity index (χ4v) is 15.2. The zero-order chi connectivity index (χ0) is 67.9. The minimum atomic E-state index is -1.05. The van der Waals surface area contributed by atoms with E-state index in [1.54, 1.807) is 6.92 Å². The van der Waals surface area contributed by atoms with Crippen molar-refractivity contribution in [1.29, 1.82) is 0 Å². The number of carbonyl (C=O) groups is 2. The average Bonchev–Trinajstić information content (AvgIpc) is 1.61. The molecule has 8 aromatic rings. The molecule has 12 nitrogen and oxygen atoms in total. The predicted molar refractivity (Wildman–Crippen MR) is 407 cm³/mol. The van der Waals surface area contributed by atoms with Crippen LogP contribution in [0.25, 0.3) is 90.9 Å². The Morgan fingerprint density at radius 1 is 0.444 bits per heavy atom. The highest BCUT2D eigenvalue weighted by Gasteiger charge is 2.49. The summed E-state index contributed by atoms with van der Waals surface area (Å²) >= 11 is 0. The molecule has 5 aromatic carbocycles. The van der Waals surface area contributed by atoms with E-state index in [1.807, 2.05) is 48.5 Å². The first-order chi connectivity index (χ1) is 48.7. The number of carbonyl (C=O) groups excluding carboxylic acids is 2. The summed E-state index contributed by atoms with van der Waals surface area (Å²) in [6, 6.07) is 49.3. The van der Waals surface area contributed by atoms with E-state index in [-0.39, 0.29) is 0 Å². The van der Waals surface area contributed by atoms with Gasteiger partial charge in [-0.3, -0.25) is 4.79 Å². The lowest BCUT2D eigenvalue weighted by Crippen LogP contribution is -2.30. The molecule has 12 heteroatoms. The van der Waals surface area contributed by atoms with Gasteiger partial charge < -0.3 is 39.1 Å². The van der Waals surface area contributed by atoms with E-state index < -0.39 is 18.0 Å². The summed E-state index contributed by atoms with van der Waals surface area (Å²) in [5.74, 6) is 4.34. The first-order valence-corrected chi connectivity index (χ1v) is 37.2. The number of anilines is 2. The number of esters is 1. The molecule has 99 heavy (non-hydrogen) atoms. The van der Waals surface area contributed by atoms with Gasteiger partial charge in [0.15, 0.2) is 6.10 Å². The average molecular weight is 1320 g/mol. The smallest absolute Gasteiger partial charge is 0.338 e. The van der Waals surface area contributed by atoms with Crippen LogP contribution in [0.5, 0.6) is 17.2 Å². The number of benzene rings is 5. The fraction of sp³-hybridized carbons (Fsp3) is 0.379. The van der Waals surface area contributed by atoms with Crippen LogP contribution in [-0.2, 0) is 9.53 Å². The zero-order valence-electron chi connectivity index (χ0n) is 58.5. The normalized spacial score (nSPS) is 16.7. The maximum atomic E-state index is 13.9. The Morgan fingerprint density at radius 2 is 0.788 bits per heavy atom. The van der Waals surface area contributed by atoms with Crippen LogP contribution in [0, 0.1) is 23.7 Å². The summed E-state index contributed by atoms with van der Waals surface area (Å²) in [4.78, 5) is 48.9. The van der Waals surface area contributed by atoms with E-state index in [1.165, 1.54) is 89.9 Å². The quantitative estimate of drug-likeness (QED) is 0.0208. The summed E-state index contributed by atoms with van der Waals surface area (Å²) < 4.78 is 24.8. The van der Waals surface area contributed by atoms with Gasteiger partial charge in [0, 0.05) is 68.8 Å². The predicted octanol–water partition coefficient (Wildman–Crippen LogP) is 22.0. The van der Waals surface area contributed by atoms with E-state index in [0.717, 1.165) is 157 Å². The van der Waals surface area contributed by atoms with Crippen molar-refractivity contribution >= 4 is 69.6 Å². The van der Waals surface area contributed by atoms with Gasteiger partial charge in [-0.2, -0.15) is 0 Å². The molecule has 1 saturated heterocycles. The molecule has 3 aliphatic heterocycles. The number of hydrogen-bond acceptors (Lipinski definition) is 9. The molecule has 0 radical (unpaired) electrons. The van der Waals surface area contributed by atoms with Crippen molar-refractivity contribution in [2.45, 2.75) is 156 Å². The van der Waals surface area contributed by atoms with E-state index in [0.29, 0.717) is 54.7 Å². The first-order valence-electron chi connectivity index (χ1n) is 37.2. The van der Waals surface area contributed by atoms with Gasteiger partial charge in [-0.1, -0.05) is 178 Å². The number of unbranched alkanes of at least 4 members (excludes halogenated alkanes) is 15. The summed E-state index contributed by atoms with van der Waals surface area (Å²) in [7, 11) is 0. The molecule has 3 aromatic heterocycles. The number of allylic oxidation sites excluding steroid dienone is 2. The number of nitrogens with zero attached hydrogens (tertiary/aromatic N) is 3. The zero-order valence-corrected chi connectivity index (χ0v) is 58.5. The molecule has 5 aliphatic rings. The molecule has 5 atom stereocenters. The summed E-state index contributed by atoms with van der Waals surface area (Å²) in [5.41, 5.74) is 16.2. The molecule has 2 fully saturated rings. The van der Waals surface area contributed by atoms with Crippen molar-refractivity contribution in [2.75, 3.05) is 43.1 Å². The van der Waals surface area contributed by atoms with Gasteiger partial charge in [-0.25, -0.2) is 14.8 Å². The highest BCUT2D eigenvalue weighted by atomic mass is 16.5. The first kappa shape index (κ1) is 68.1. The molecular formula is C87H98N6O6. The number of hydrogen-bond donors (Lipinski definition) is 3. The van der Waals surface area contributed by atoms with Crippen molar-refractivity contribution in [3.05, 3.63) is 186 Å². The van der Waals surface area contributed by atoms with Gasteiger partial charge in [0.1, 0.15) is 17.2 Å². The Hall–Kier alpha value is -9.42. The number of amides is 1. The Labute approximate surface area is 585 Å². The molecule has 13 rings (SSSR count). The summed E-state index contributed by atoms with van der Waals surface area (Å²) in [5, 5.41) is 3.02. The number of nitrogens with one attached hydrogen (secondary N) is 3. The van der Waals surface area contributed by atoms with Crippen LogP contribution in [0.4, 0.5) is 11.4 Å². The monoisotopic (exact) mass is 1320 g/mol. The lowest BCUT2D eigenvalue weighted by Gasteiger charge is -2.21. The Morgan fingerprint density at radius 3 is 1.15 bits per heavy atom. The van der Waals surface area contributed by atoms with Crippen LogP contribution < -0.4 is 24.4 Å². The third-order valence-electron chi connectivity index (χ3n) is 20.7. The van der Waals surface area contributed by atoms with Gasteiger partial charge in [0.2, 0.25) is 0 Å². The standard InChI is InChI=1S/C87H98N6O6/c1-5-8-11-14-17-20-53-96-69-39-29-61(30-40-69)83-76-47-45-74(89-76)82(60-25-35-67(36-26-60)88-86(94)59(4)99-87(95)64-27-37-68(38-28-64)93-57-72-65-23-24-66(56-65)73(72)58-93)75-46-48-77(90-75)84(62-31-41-70(42-32-62)97-54-21-18-15-12-9-6-2)79-50-52-81(92-79)85(80-51-49-78(83)91-80)63-33-43-71(44-34-63)98-55-22-19-16-13-10-7-3/h23-52,59,65-66,72-73,89,92H,5-22,53-58H2,1-4H3,(H,88,94)/t59-,65-,66+,72-,73+/m0/s1. The molecule has 6 heterocycles. The fourth-order valence-electron chi connectivity index (χ4n) is 15.2. The van der Waals surface area contributed by atoms with Crippen LogP contribution in [-0.4, -0.2) is 70.8 Å². The van der Waals surface area contributed by atoms with Crippen molar-refractivity contribution in [3.8, 4) is 61.8 Å². The van der Waals surface area contributed by atoms with Crippen LogP contribution in [0.3, 0.4) is 0 Å². The van der Waals surface area contributed by atoms with Gasteiger partial charge in [-0.15, -0.1) is 0 Å². The molecule has 10 bridgehead atoms. The summed E-state index contributed by atoms with van der Waals surface area (Å²) in [6.45, 7) is 12.5. The van der Waals surface area contributed by atoms with Gasteiger partial charge in [0.25, 0.3) is 5.91 Å². The largest absolute Gasteiger partial charge is 0.494 e. The van der Waals surface area contributed by atoms with E-state index in [4.69, 9.17) is 28.9 Å². The number of H-pyrrole nitrogens is 2. The van der Waals surface area contributed by atoms with E-state index in [2.05, 4.69) is 174 Å². The molecular weight excluding hydrogens is 1220 g/mol. The lowest BCUT2D eigenvalue weighted by molar-refractivity contribution is -0.123. The third kappa shape index (κ3) is 16.5. The van der Waals surface area contributed by atoms with Crippen molar-refractivity contribution in [1.82, 2.24) is 19.9 Å². The van der Waals surface area contributed by atoms with Crippen LogP contribution >= 0.6 is 0 Å². The maximum Gasteiger partial charge on any atom is 0.338 e. The Kier molecular flexibility index (Phi) is 22.7. The highest BCUT2D eigenvalue weighted by Crippen LogP contribution is 2.52. The lowest BCUT2D eigenvalue weighted by atomic mass is 9.86. The number of rotatable bonds is 33. The topological polar surface area (TPSA) is 144 Å². The molecule has 0 unspecified atom stereocenters. The van der Waals surface area contributed by atoms with Crippen LogP contribution in [0.1, 0.15) is 183 Å². The minimum absolute atomic E-state index is 0.409. The summed E-state index contributed by atoms with van der Waals surface area (Å²) in [6.07, 6.45) is 35.1. The van der Waals surface area contributed by atoms with Crippen molar-refractivity contribution < 1.29 is 28.5 Å². The van der Waals surface area contributed by atoms with Gasteiger partial charge in [0.05, 0.1) is 48.2 Å². The van der Waals surface area contributed by atoms with Crippen molar-refractivity contribution in [3.63, 3.8) is 0 Å². The number of ether oxygens (including phenoxy) is 4. The van der Waals surface area contributed by atoms with Crippen molar-refractivity contribution in [2.24, 2.45) is 23.7 Å². The SMILES string of the molecule is CCCCCCCCOc1ccc(-c2c3nc(c(-c4ccc(OCCCCCCCC)cc4)c4ccc([nH]4)c(-c4ccc(OCCCCCCCC)cc4)c4nc(c(-c5ccc(NC(=O)[C@H](C)OC(=O)c6ccc(N7C[C@@H]8[C@H](C7)[C@@H]7C=C[C@H]8C7)cc6)cc5)c5ccc2[nH]5)C=C4)C=C3)cc1. The second-order valence-corrected chi connectivity index (χ2v) is 27.8. The van der Waals surface area contributed by atoms with Gasteiger partial charge >= 0.3 is 5.97 Å². The van der Waals surface area contributed by atoms with E-state index >= 15 is 0 Å². The van der Waals surface area contributed by atoms with Crippen LogP contribution in [0.2, 0.25) is 0 Å². The number of aromatic amines is 2. The second kappa shape index (κ2) is 33.0. The Balaban J connectivity index is 0.850. The maximum absolute atomic E-state index is 13.9. The molecule has 512 valence electrons. The minimum Gasteiger partial charge on any atom is -0.494 e.